The molecule has 0 aliphatic rings. The largest absolute Gasteiger partial charge is 0.465 e. The topological polar surface area (TPSA) is 48.0 Å². The minimum Gasteiger partial charge on any atom is -0.465 e. The third kappa shape index (κ3) is 3.54. The molecule has 0 aliphatic carbocycles. The minimum absolute atomic E-state index is 0.0972. The monoisotopic (exact) mass is 312 g/mol. The van der Waals surface area contributed by atoms with Crippen LogP contribution in [0.5, 0.6) is 0 Å². The first kappa shape index (κ1) is 14.4. The Labute approximate surface area is 132 Å². The summed E-state index contributed by atoms with van der Waals surface area (Å²) in [5.74, 6) is 0.641. The van der Waals surface area contributed by atoms with Crippen LogP contribution in [0.2, 0.25) is 5.02 Å². The Hall–Kier alpha value is -2.59. The normalized spacial score (nSPS) is 11.1. The Balaban J connectivity index is 1.67. The van der Waals surface area contributed by atoms with Crippen molar-refractivity contribution in [2.24, 2.45) is 0 Å². The number of nitrogens with zero attached hydrogens (tertiary/aromatic N) is 2. The van der Waals surface area contributed by atoms with Crippen molar-refractivity contribution in [3.8, 4) is 0 Å². The second-order valence-corrected chi connectivity index (χ2v) is 5.17. The van der Waals surface area contributed by atoms with Gasteiger partial charge < -0.3 is 4.42 Å². The first-order chi connectivity index (χ1) is 10.7. The van der Waals surface area contributed by atoms with Gasteiger partial charge in [0.25, 0.3) is 5.91 Å². The number of aromatic nitrogens is 2. The van der Waals surface area contributed by atoms with E-state index in [1.54, 1.807) is 42.8 Å². The van der Waals surface area contributed by atoms with Gasteiger partial charge in [-0.2, -0.15) is 5.10 Å². The molecule has 0 N–H and O–H groups in total. The predicted molar refractivity (Wildman–Crippen MR) is 85.6 cm³/mol. The maximum absolute atomic E-state index is 12.2. The second kappa shape index (κ2) is 6.45. The zero-order valence-corrected chi connectivity index (χ0v) is 12.4. The smallest absolute Gasteiger partial charge is 0.251 e. The summed E-state index contributed by atoms with van der Waals surface area (Å²) in [5, 5.41) is 4.89. The number of benzene rings is 1. The molecule has 0 atom stereocenters. The summed E-state index contributed by atoms with van der Waals surface area (Å²) in [7, 11) is 0. The van der Waals surface area contributed by atoms with Gasteiger partial charge in [0.15, 0.2) is 0 Å². The van der Waals surface area contributed by atoms with Crippen molar-refractivity contribution < 1.29 is 9.21 Å². The molecule has 4 nitrogen and oxygen atoms in total. The summed E-state index contributed by atoms with van der Waals surface area (Å²) in [6.45, 7) is 0. The van der Waals surface area contributed by atoms with E-state index in [4.69, 9.17) is 16.0 Å². The molecule has 0 unspecified atom stereocenters. The van der Waals surface area contributed by atoms with E-state index in [1.165, 1.54) is 4.68 Å². The van der Waals surface area contributed by atoms with Gasteiger partial charge in [-0.3, -0.25) is 4.79 Å². The summed E-state index contributed by atoms with van der Waals surface area (Å²) >= 11 is 5.83. The molecule has 1 aromatic carbocycles. The van der Waals surface area contributed by atoms with Gasteiger partial charge >= 0.3 is 0 Å². The van der Waals surface area contributed by atoms with Crippen LogP contribution >= 0.6 is 11.6 Å². The van der Waals surface area contributed by atoms with E-state index in [9.17, 15) is 4.79 Å². The highest BCUT2D eigenvalue weighted by atomic mass is 35.5. The summed E-state index contributed by atoms with van der Waals surface area (Å²) in [4.78, 5) is 12.2. The lowest BCUT2D eigenvalue weighted by Crippen LogP contribution is -2.14. The van der Waals surface area contributed by atoms with Crippen molar-refractivity contribution in [3.05, 3.63) is 77.0 Å². The molecule has 0 spiro atoms. The molecular weight excluding hydrogens is 300 g/mol. The van der Waals surface area contributed by atoms with E-state index in [1.807, 2.05) is 24.3 Å². The molecule has 0 fully saturated rings. The van der Waals surface area contributed by atoms with E-state index in [0.717, 1.165) is 11.3 Å². The van der Waals surface area contributed by atoms with Crippen molar-refractivity contribution in [2.75, 3.05) is 0 Å². The molecule has 0 amide bonds. The molecule has 22 heavy (non-hydrogen) atoms. The first-order valence-corrected chi connectivity index (χ1v) is 7.13. The van der Waals surface area contributed by atoms with Gasteiger partial charge in [0.2, 0.25) is 0 Å². The lowest BCUT2D eigenvalue weighted by molar-refractivity contribution is 0.0898. The average molecular weight is 313 g/mol. The van der Waals surface area contributed by atoms with Crippen molar-refractivity contribution in [2.45, 2.75) is 6.42 Å². The van der Waals surface area contributed by atoms with Crippen LogP contribution in [0.25, 0.3) is 12.2 Å². The van der Waals surface area contributed by atoms with Gasteiger partial charge in [0.05, 0.1) is 18.4 Å². The molecule has 2 heterocycles. The number of carbonyl (C=O) groups excluding carboxylic acids is 1. The number of halogens is 1. The number of carbonyl (C=O) groups is 1. The highest BCUT2D eigenvalue weighted by molar-refractivity contribution is 6.30. The Morgan fingerprint density at radius 1 is 1.18 bits per heavy atom. The van der Waals surface area contributed by atoms with E-state index in [2.05, 4.69) is 5.10 Å². The molecule has 110 valence electrons. The van der Waals surface area contributed by atoms with E-state index < -0.39 is 0 Å². The van der Waals surface area contributed by atoms with Gasteiger partial charge in [0.1, 0.15) is 5.76 Å². The zero-order valence-electron chi connectivity index (χ0n) is 11.6. The zero-order chi connectivity index (χ0) is 15.4. The SMILES string of the molecule is O=C(Cc1ccc(Cl)cc1)n1ccc(/C=C/c2ccco2)n1. The van der Waals surface area contributed by atoms with Crippen LogP contribution in [0.3, 0.4) is 0 Å². The molecule has 2 aromatic heterocycles. The van der Waals surface area contributed by atoms with Crippen LogP contribution in [0.15, 0.2) is 59.3 Å². The number of rotatable bonds is 4. The first-order valence-electron chi connectivity index (χ1n) is 6.75. The van der Waals surface area contributed by atoms with Crippen molar-refractivity contribution >= 4 is 29.7 Å². The van der Waals surface area contributed by atoms with E-state index in [0.29, 0.717) is 10.7 Å². The molecule has 0 bridgehead atoms. The van der Waals surface area contributed by atoms with Gasteiger partial charge in [-0.1, -0.05) is 23.7 Å². The quantitative estimate of drug-likeness (QED) is 0.726. The van der Waals surface area contributed by atoms with Crippen molar-refractivity contribution in [3.63, 3.8) is 0 Å². The van der Waals surface area contributed by atoms with Crippen molar-refractivity contribution in [1.82, 2.24) is 9.78 Å². The van der Waals surface area contributed by atoms with Crippen LogP contribution in [-0.4, -0.2) is 15.7 Å². The number of hydrogen-bond donors (Lipinski definition) is 0. The van der Waals surface area contributed by atoms with Gasteiger partial charge in [-0.25, -0.2) is 4.68 Å². The maximum Gasteiger partial charge on any atom is 0.251 e. The van der Waals surface area contributed by atoms with Crippen LogP contribution < -0.4 is 0 Å². The van der Waals surface area contributed by atoms with Crippen LogP contribution in [-0.2, 0) is 6.42 Å². The molecular formula is C17H13ClN2O2. The highest BCUT2D eigenvalue weighted by Gasteiger charge is 2.07. The highest BCUT2D eigenvalue weighted by Crippen LogP contribution is 2.11. The van der Waals surface area contributed by atoms with Gasteiger partial charge in [-0.05, 0) is 48.0 Å². The molecule has 3 aromatic rings. The Kier molecular flexibility index (Phi) is 4.21. The lowest BCUT2D eigenvalue weighted by atomic mass is 10.1. The van der Waals surface area contributed by atoms with E-state index in [-0.39, 0.29) is 12.3 Å². The molecule has 5 heteroatoms. The van der Waals surface area contributed by atoms with Gasteiger partial charge in [-0.15, -0.1) is 0 Å². The fourth-order valence-electron chi connectivity index (χ4n) is 1.98. The van der Waals surface area contributed by atoms with Gasteiger partial charge in [0, 0.05) is 11.2 Å². The average Bonchev–Trinajstić information content (AvgIpc) is 3.18. The third-order valence-electron chi connectivity index (χ3n) is 3.10. The molecule has 3 rings (SSSR count). The summed E-state index contributed by atoms with van der Waals surface area (Å²) in [6, 6.07) is 12.6. The van der Waals surface area contributed by atoms with Crippen LogP contribution in [0.4, 0.5) is 0 Å². The maximum atomic E-state index is 12.2. The molecule has 0 saturated heterocycles. The lowest BCUT2D eigenvalue weighted by Gasteiger charge is -2.01. The third-order valence-corrected chi connectivity index (χ3v) is 3.35. The summed E-state index contributed by atoms with van der Waals surface area (Å²) in [5.41, 5.74) is 1.60. The summed E-state index contributed by atoms with van der Waals surface area (Å²) in [6.07, 6.45) is 7.13. The number of hydrogen-bond acceptors (Lipinski definition) is 3. The molecule has 0 aliphatic heterocycles. The Morgan fingerprint density at radius 3 is 2.73 bits per heavy atom. The fraction of sp³-hybridized carbons (Fsp3) is 0.0588. The van der Waals surface area contributed by atoms with Crippen LogP contribution in [0.1, 0.15) is 21.8 Å². The van der Waals surface area contributed by atoms with Crippen molar-refractivity contribution in [1.29, 1.82) is 0 Å². The molecule has 0 radical (unpaired) electrons. The Morgan fingerprint density at radius 2 is 2.00 bits per heavy atom. The minimum atomic E-state index is -0.0972. The predicted octanol–water partition coefficient (Wildman–Crippen LogP) is 4.18. The standard InChI is InChI=1S/C17H13ClN2O2/c18-14-5-3-13(4-6-14)12-17(21)20-10-9-15(19-20)7-8-16-2-1-11-22-16/h1-11H,12H2/b8-7+. The fourth-order valence-corrected chi connectivity index (χ4v) is 2.10. The molecule has 0 saturated carbocycles. The summed E-state index contributed by atoms with van der Waals surface area (Å²) < 4.78 is 6.54. The van der Waals surface area contributed by atoms with E-state index >= 15 is 0 Å². The second-order valence-electron chi connectivity index (χ2n) is 4.73. The van der Waals surface area contributed by atoms with Crippen LogP contribution in [0, 0.1) is 0 Å². The Bertz CT molecular complexity index is 786. The number of furan rings is 1.